The fraction of sp³-hybridized carbons (Fsp3) is 0.533. The van der Waals surface area contributed by atoms with Crippen LogP contribution >= 0.6 is 12.4 Å². The van der Waals surface area contributed by atoms with E-state index in [0.29, 0.717) is 17.9 Å². The van der Waals surface area contributed by atoms with Crippen LogP contribution in [0.4, 0.5) is 0 Å². The van der Waals surface area contributed by atoms with Crippen LogP contribution < -0.4 is 11.1 Å². The molecular formula is C15H23ClN2O3S. The quantitative estimate of drug-likeness (QED) is 0.764. The molecule has 1 saturated carbocycles. The van der Waals surface area contributed by atoms with Gasteiger partial charge in [0.25, 0.3) is 0 Å². The predicted octanol–water partition coefficient (Wildman–Crippen LogP) is 1.52. The summed E-state index contributed by atoms with van der Waals surface area (Å²) in [5.74, 6) is 0.0346. The summed E-state index contributed by atoms with van der Waals surface area (Å²) < 4.78 is 24.1. The highest BCUT2D eigenvalue weighted by Gasteiger charge is 2.27. The SMILES string of the molecule is Cl.NC1CCC(C(=O)NCCCS(=O)(=O)c2ccccc2)C1. The minimum atomic E-state index is -3.26. The van der Waals surface area contributed by atoms with Gasteiger partial charge in [0.1, 0.15) is 0 Å². The summed E-state index contributed by atoms with van der Waals surface area (Å²) in [5.41, 5.74) is 5.78. The summed E-state index contributed by atoms with van der Waals surface area (Å²) in [6.45, 7) is 0.386. The topological polar surface area (TPSA) is 89.3 Å². The first-order chi connectivity index (χ1) is 9.99. The molecule has 1 fully saturated rings. The third kappa shape index (κ3) is 5.26. The smallest absolute Gasteiger partial charge is 0.223 e. The maximum atomic E-state index is 12.0. The van der Waals surface area contributed by atoms with Crippen molar-refractivity contribution < 1.29 is 13.2 Å². The van der Waals surface area contributed by atoms with E-state index < -0.39 is 9.84 Å². The molecular weight excluding hydrogens is 324 g/mol. The molecule has 0 bridgehead atoms. The summed E-state index contributed by atoms with van der Waals surface area (Å²) in [6.07, 6.45) is 2.87. The number of nitrogens with two attached hydrogens (primary N) is 1. The van der Waals surface area contributed by atoms with Crippen molar-refractivity contribution >= 4 is 28.2 Å². The van der Waals surface area contributed by atoms with Gasteiger partial charge < -0.3 is 11.1 Å². The lowest BCUT2D eigenvalue weighted by Gasteiger charge is -2.10. The molecule has 5 nitrogen and oxygen atoms in total. The maximum Gasteiger partial charge on any atom is 0.223 e. The Labute approximate surface area is 138 Å². The van der Waals surface area contributed by atoms with Gasteiger partial charge in [-0.15, -0.1) is 12.4 Å². The molecule has 2 rings (SSSR count). The molecule has 0 saturated heterocycles. The van der Waals surface area contributed by atoms with Crippen LogP contribution in [0.5, 0.6) is 0 Å². The van der Waals surface area contributed by atoms with Crippen molar-refractivity contribution in [3.8, 4) is 0 Å². The number of amides is 1. The monoisotopic (exact) mass is 346 g/mol. The number of sulfone groups is 1. The van der Waals surface area contributed by atoms with Crippen LogP contribution in [0.1, 0.15) is 25.7 Å². The zero-order valence-corrected chi connectivity index (χ0v) is 14.0. The largest absolute Gasteiger partial charge is 0.356 e. The van der Waals surface area contributed by atoms with Crippen LogP contribution in [0.15, 0.2) is 35.2 Å². The predicted molar refractivity (Wildman–Crippen MR) is 88.7 cm³/mol. The van der Waals surface area contributed by atoms with E-state index in [0.717, 1.165) is 19.3 Å². The first kappa shape index (κ1) is 18.9. The van der Waals surface area contributed by atoms with E-state index in [2.05, 4.69) is 5.32 Å². The Kier molecular flexibility index (Phi) is 7.32. The summed E-state index contributed by atoms with van der Waals surface area (Å²) in [4.78, 5) is 12.2. The van der Waals surface area contributed by atoms with Gasteiger partial charge in [-0.25, -0.2) is 8.42 Å². The Morgan fingerprint density at radius 3 is 2.50 bits per heavy atom. The summed E-state index contributed by atoms with van der Waals surface area (Å²) in [5, 5.41) is 2.81. The van der Waals surface area contributed by atoms with Crippen molar-refractivity contribution in [2.24, 2.45) is 11.7 Å². The van der Waals surface area contributed by atoms with Crippen molar-refractivity contribution in [3.63, 3.8) is 0 Å². The Morgan fingerprint density at radius 1 is 1.23 bits per heavy atom. The highest BCUT2D eigenvalue weighted by Crippen LogP contribution is 2.23. The van der Waals surface area contributed by atoms with E-state index in [1.807, 2.05) is 0 Å². The van der Waals surface area contributed by atoms with Crippen molar-refractivity contribution in [1.29, 1.82) is 0 Å². The molecule has 1 aliphatic carbocycles. The van der Waals surface area contributed by atoms with Gasteiger partial charge in [-0.2, -0.15) is 0 Å². The second kappa shape index (κ2) is 8.50. The standard InChI is InChI=1S/C15H22N2O3S.ClH/c16-13-8-7-12(11-13)15(18)17-9-4-10-21(19,20)14-5-2-1-3-6-14;/h1-3,5-6,12-13H,4,7-11,16H2,(H,17,18);1H. The third-order valence-corrected chi connectivity index (χ3v) is 5.65. The molecule has 124 valence electrons. The van der Waals surface area contributed by atoms with Gasteiger partial charge in [0.2, 0.25) is 5.91 Å². The van der Waals surface area contributed by atoms with Gasteiger partial charge in [0.05, 0.1) is 10.6 Å². The highest BCUT2D eigenvalue weighted by molar-refractivity contribution is 7.91. The molecule has 1 aromatic rings. The molecule has 0 radical (unpaired) electrons. The highest BCUT2D eigenvalue weighted by atomic mass is 35.5. The first-order valence-electron chi connectivity index (χ1n) is 7.30. The van der Waals surface area contributed by atoms with E-state index >= 15 is 0 Å². The lowest BCUT2D eigenvalue weighted by molar-refractivity contribution is -0.124. The van der Waals surface area contributed by atoms with Crippen LogP contribution in [-0.4, -0.2) is 32.7 Å². The Bertz CT molecular complexity index is 578. The Balaban J connectivity index is 0.00000242. The number of hydrogen-bond acceptors (Lipinski definition) is 4. The molecule has 0 spiro atoms. The zero-order chi connectivity index (χ0) is 15.3. The second-order valence-electron chi connectivity index (χ2n) is 5.55. The number of halogens is 1. The maximum absolute atomic E-state index is 12.0. The number of carbonyl (C=O) groups is 1. The first-order valence-corrected chi connectivity index (χ1v) is 8.95. The van der Waals surface area contributed by atoms with E-state index in [1.165, 1.54) is 0 Å². The lowest BCUT2D eigenvalue weighted by Crippen LogP contribution is -2.31. The molecule has 0 aliphatic heterocycles. The molecule has 1 aliphatic rings. The van der Waals surface area contributed by atoms with Crippen molar-refractivity contribution in [2.75, 3.05) is 12.3 Å². The molecule has 0 heterocycles. The lowest BCUT2D eigenvalue weighted by atomic mass is 10.1. The second-order valence-corrected chi connectivity index (χ2v) is 7.66. The molecule has 2 unspecified atom stereocenters. The van der Waals surface area contributed by atoms with Crippen molar-refractivity contribution in [3.05, 3.63) is 30.3 Å². The number of nitrogens with one attached hydrogen (secondary N) is 1. The van der Waals surface area contributed by atoms with Gasteiger partial charge >= 0.3 is 0 Å². The number of rotatable bonds is 6. The van der Waals surface area contributed by atoms with Crippen LogP contribution in [0.25, 0.3) is 0 Å². The normalized spacial score (nSPS) is 21.1. The Hall–Kier alpha value is -1.11. The van der Waals surface area contributed by atoms with E-state index in [1.54, 1.807) is 30.3 Å². The van der Waals surface area contributed by atoms with E-state index in [-0.39, 0.29) is 36.0 Å². The minimum Gasteiger partial charge on any atom is -0.356 e. The molecule has 2 atom stereocenters. The van der Waals surface area contributed by atoms with Crippen molar-refractivity contribution in [2.45, 2.75) is 36.6 Å². The summed E-state index contributed by atoms with van der Waals surface area (Å²) in [6, 6.07) is 8.50. The average molecular weight is 347 g/mol. The van der Waals surface area contributed by atoms with Crippen molar-refractivity contribution in [1.82, 2.24) is 5.32 Å². The molecule has 1 aromatic carbocycles. The minimum absolute atomic E-state index is 0. The number of benzene rings is 1. The van der Waals surface area contributed by atoms with Gasteiger partial charge in [-0.05, 0) is 37.8 Å². The van der Waals surface area contributed by atoms with Crippen LogP contribution in [-0.2, 0) is 14.6 Å². The fourth-order valence-corrected chi connectivity index (χ4v) is 3.95. The van der Waals surface area contributed by atoms with Gasteiger partial charge in [0, 0.05) is 18.5 Å². The average Bonchev–Trinajstić information content (AvgIpc) is 2.91. The molecule has 7 heteroatoms. The van der Waals surface area contributed by atoms with Crippen LogP contribution in [0.2, 0.25) is 0 Å². The molecule has 3 N–H and O–H groups in total. The van der Waals surface area contributed by atoms with Gasteiger partial charge in [-0.3, -0.25) is 4.79 Å². The molecule has 22 heavy (non-hydrogen) atoms. The van der Waals surface area contributed by atoms with Crippen LogP contribution in [0.3, 0.4) is 0 Å². The fourth-order valence-electron chi connectivity index (χ4n) is 2.62. The third-order valence-electron chi connectivity index (χ3n) is 3.84. The van der Waals surface area contributed by atoms with Gasteiger partial charge in [0.15, 0.2) is 9.84 Å². The summed E-state index contributed by atoms with van der Waals surface area (Å²) >= 11 is 0. The van der Waals surface area contributed by atoms with Gasteiger partial charge in [-0.1, -0.05) is 18.2 Å². The zero-order valence-electron chi connectivity index (χ0n) is 12.4. The van der Waals surface area contributed by atoms with Crippen LogP contribution in [0, 0.1) is 5.92 Å². The van der Waals surface area contributed by atoms with E-state index in [4.69, 9.17) is 5.73 Å². The molecule has 0 aromatic heterocycles. The number of hydrogen-bond donors (Lipinski definition) is 2. The summed E-state index contributed by atoms with van der Waals surface area (Å²) in [7, 11) is -3.26. The molecule has 1 amide bonds. The van der Waals surface area contributed by atoms with E-state index in [9.17, 15) is 13.2 Å². The Morgan fingerprint density at radius 2 is 1.91 bits per heavy atom. The number of carbonyl (C=O) groups excluding carboxylic acids is 1.